The second-order valence-electron chi connectivity index (χ2n) is 6.22. The highest BCUT2D eigenvalue weighted by Gasteiger charge is 2.33. The monoisotopic (exact) mass is 284 g/mol. The summed E-state index contributed by atoms with van der Waals surface area (Å²) in [5.74, 6) is 0.313. The summed E-state index contributed by atoms with van der Waals surface area (Å²) >= 11 is 0. The molecule has 0 bridgehead atoms. The lowest BCUT2D eigenvalue weighted by atomic mass is 9.74. The van der Waals surface area contributed by atoms with E-state index >= 15 is 0 Å². The van der Waals surface area contributed by atoms with E-state index in [1.807, 2.05) is 12.1 Å². The van der Waals surface area contributed by atoms with Crippen molar-refractivity contribution in [1.29, 1.82) is 0 Å². The molecule has 2 heteroatoms. The van der Waals surface area contributed by atoms with Gasteiger partial charge in [0.15, 0.2) is 0 Å². The molecule has 0 aliphatic heterocycles. The van der Waals surface area contributed by atoms with Crippen LogP contribution in [0.25, 0.3) is 0 Å². The van der Waals surface area contributed by atoms with Crippen molar-refractivity contribution in [3.8, 4) is 0 Å². The van der Waals surface area contributed by atoms with Crippen LogP contribution in [-0.4, -0.2) is 10.7 Å². The summed E-state index contributed by atoms with van der Waals surface area (Å²) in [5.41, 5.74) is 1.57. The maximum absolute atomic E-state index is 13.2. The fourth-order valence-electron chi connectivity index (χ4n) is 3.42. The number of benzene rings is 2. The van der Waals surface area contributed by atoms with Gasteiger partial charge in [0.25, 0.3) is 0 Å². The lowest BCUT2D eigenvalue weighted by molar-refractivity contribution is -0.000496. The van der Waals surface area contributed by atoms with Crippen LogP contribution in [0.5, 0.6) is 0 Å². The second-order valence-corrected chi connectivity index (χ2v) is 6.22. The second kappa shape index (κ2) is 5.98. The van der Waals surface area contributed by atoms with E-state index in [-0.39, 0.29) is 5.82 Å². The molecule has 3 rings (SSSR count). The molecule has 1 saturated carbocycles. The zero-order valence-corrected chi connectivity index (χ0v) is 12.1. The highest BCUT2D eigenvalue weighted by atomic mass is 19.1. The van der Waals surface area contributed by atoms with Crippen LogP contribution in [0.15, 0.2) is 54.6 Å². The van der Waals surface area contributed by atoms with Gasteiger partial charge in [0.1, 0.15) is 5.82 Å². The first-order chi connectivity index (χ1) is 10.1. The summed E-state index contributed by atoms with van der Waals surface area (Å²) in [4.78, 5) is 0. The van der Waals surface area contributed by atoms with Crippen molar-refractivity contribution in [2.75, 3.05) is 0 Å². The van der Waals surface area contributed by atoms with Gasteiger partial charge in [-0.2, -0.15) is 0 Å². The normalized spacial score (nSPS) is 25.7. The topological polar surface area (TPSA) is 20.2 Å². The SMILES string of the molecule is OC1(Cc2cccc(F)c2)CCC(c2ccccc2)CC1. The highest BCUT2D eigenvalue weighted by molar-refractivity contribution is 5.22. The third-order valence-electron chi connectivity index (χ3n) is 4.61. The summed E-state index contributed by atoms with van der Waals surface area (Å²) in [5, 5.41) is 10.8. The zero-order valence-electron chi connectivity index (χ0n) is 12.1. The minimum atomic E-state index is -0.681. The molecule has 0 aromatic heterocycles. The third-order valence-corrected chi connectivity index (χ3v) is 4.61. The van der Waals surface area contributed by atoms with Crippen molar-refractivity contribution in [1.82, 2.24) is 0 Å². The van der Waals surface area contributed by atoms with E-state index in [0.717, 1.165) is 31.2 Å². The minimum Gasteiger partial charge on any atom is -0.390 e. The van der Waals surface area contributed by atoms with Crippen LogP contribution in [0.1, 0.15) is 42.7 Å². The molecule has 1 N–H and O–H groups in total. The third kappa shape index (κ3) is 3.51. The Morgan fingerprint density at radius 1 is 1.00 bits per heavy atom. The molecular weight excluding hydrogens is 263 g/mol. The predicted molar refractivity (Wildman–Crippen MR) is 82.7 cm³/mol. The van der Waals surface area contributed by atoms with Crippen molar-refractivity contribution in [3.63, 3.8) is 0 Å². The van der Waals surface area contributed by atoms with Gasteiger partial charge in [0, 0.05) is 6.42 Å². The molecule has 0 atom stereocenters. The Morgan fingerprint density at radius 2 is 1.71 bits per heavy atom. The van der Waals surface area contributed by atoms with Gasteiger partial charge in [0.05, 0.1) is 5.60 Å². The average Bonchev–Trinajstić information content (AvgIpc) is 2.48. The van der Waals surface area contributed by atoms with E-state index in [2.05, 4.69) is 24.3 Å². The standard InChI is InChI=1S/C19H21FO/c20-18-8-4-5-15(13-18)14-19(21)11-9-17(10-12-19)16-6-2-1-3-7-16/h1-8,13,17,21H,9-12,14H2. The predicted octanol–water partition coefficient (Wildman–Crippen LogP) is 4.46. The highest BCUT2D eigenvalue weighted by Crippen LogP contribution is 2.39. The molecule has 0 spiro atoms. The lowest BCUT2D eigenvalue weighted by Gasteiger charge is -2.36. The summed E-state index contributed by atoms with van der Waals surface area (Å²) in [6.07, 6.45) is 4.10. The fourth-order valence-corrected chi connectivity index (χ4v) is 3.42. The molecule has 2 aromatic carbocycles. The molecule has 0 amide bonds. The minimum absolute atomic E-state index is 0.228. The molecule has 2 aromatic rings. The van der Waals surface area contributed by atoms with Crippen molar-refractivity contribution < 1.29 is 9.50 Å². The molecule has 110 valence electrons. The number of aliphatic hydroxyl groups is 1. The van der Waals surface area contributed by atoms with Crippen LogP contribution in [0.4, 0.5) is 4.39 Å². The quantitative estimate of drug-likeness (QED) is 0.882. The molecule has 0 saturated heterocycles. The Labute approximate surface area is 125 Å². The van der Waals surface area contributed by atoms with Gasteiger partial charge in [-0.3, -0.25) is 0 Å². The van der Waals surface area contributed by atoms with E-state index in [0.29, 0.717) is 12.3 Å². The molecule has 1 aliphatic carbocycles. The van der Waals surface area contributed by atoms with E-state index < -0.39 is 5.60 Å². The van der Waals surface area contributed by atoms with Crippen molar-refractivity contribution in [2.45, 2.75) is 43.6 Å². The average molecular weight is 284 g/mol. The number of hydrogen-bond acceptors (Lipinski definition) is 1. The van der Waals surface area contributed by atoms with Crippen LogP contribution < -0.4 is 0 Å². The first-order valence-electron chi connectivity index (χ1n) is 7.66. The Balaban J connectivity index is 1.64. The van der Waals surface area contributed by atoms with E-state index in [1.54, 1.807) is 6.07 Å². The number of halogens is 1. The van der Waals surface area contributed by atoms with Gasteiger partial charge in [-0.15, -0.1) is 0 Å². The van der Waals surface area contributed by atoms with Crippen LogP contribution in [-0.2, 0) is 6.42 Å². The van der Waals surface area contributed by atoms with Gasteiger partial charge in [-0.25, -0.2) is 4.39 Å². The van der Waals surface area contributed by atoms with Gasteiger partial charge in [-0.1, -0.05) is 42.5 Å². The van der Waals surface area contributed by atoms with Gasteiger partial charge in [-0.05, 0) is 54.9 Å². The maximum Gasteiger partial charge on any atom is 0.123 e. The maximum atomic E-state index is 13.2. The van der Waals surface area contributed by atoms with Crippen LogP contribution in [0.3, 0.4) is 0 Å². The van der Waals surface area contributed by atoms with E-state index in [4.69, 9.17) is 0 Å². The molecule has 0 unspecified atom stereocenters. The largest absolute Gasteiger partial charge is 0.390 e. The Hall–Kier alpha value is -1.67. The summed E-state index contributed by atoms with van der Waals surface area (Å²) in [6, 6.07) is 17.1. The Morgan fingerprint density at radius 3 is 2.38 bits per heavy atom. The van der Waals surface area contributed by atoms with Crippen molar-refractivity contribution in [2.24, 2.45) is 0 Å². The van der Waals surface area contributed by atoms with Crippen LogP contribution in [0, 0.1) is 5.82 Å². The number of rotatable bonds is 3. The van der Waals surface area contributed by atoms with Crippen LogP contribution in [0.2, 0.25) is 0 Å². The smallest absolute Gasteiger partial charge is 0.123 e. The molecule has 1 aliphatic rings. The zero-order chi connectivity index (χ0) is 14.7. The molecular formula is C19H21FO. The molecule has 1 fully saturated rings. The summed E-state index contributed by atoms with van der Waals surface area (Å²) in [6.45, 7) is 0. The summed E-state index contributed by atoms with van der Waals surface area (Å²) < 4.78 is 13.2. The molecule has 0 radical (unpaired) electrons. The van der Waals surface area contributed by atoms with Crippen molar-refractivity contribution in [3.05, 3.63) is 71.5 Å². The Kier molecular flexibility index (Phi) is 4.07. The first kappa shape index (κ1) is 14.3. The van der Waals surface area contributed by atoms with Gasteiger partial charge in [0.2, 0.25) is 0 Å². The van der Waals surface area contributed by atoms with E-state index in [9.17, 15) is 9.50 Å². The fraction of sp³-hybridized carbons (Fsp3) is 0.368. The lowest BCUT2D eigenvalue weighted by Crippen LogP contribution is -2.35. The Bertz CT molecular complexity index is 586. The molecule has 21 heavy (non-hydrogen) atoms. The summed E-state index contributed by atoms with van der Waals surface area (Å²) in [7, 11) is 0. The first-order valence-corrected chi connectivity index (χ1v) is 7.66. The van der Waals surface area contributed by atoms with E-state index in [1.165, 1.54) is 17.7 Å². The van der Waals surface area contributed by atoms with Gasteiger partial charge < -0.3 is 5.11 Å². The van der Waals surface area contributed by atoms with Crippen LogP contribution >= 0.6 is 0 Å². The van der Waals surface area contributed by atoms with Crippen molar-refractivity contribution >= 4 is 0 Å². The molecule has 1 nitrogen and oxygen atoms in total. The number of hydrogen-bond donors (Lipinski definition) is 1. The van der Waals surface area contributed by atoms with Gasteiger partial charge >= 0.3 is 0 Å². The molecule has 0 heterocycles.